The fourth-order valence-electron chi connectivity index (χ4n) is 2.11. The number of rotatable bonds is 9. The van der Waals surface area contributed by atoms with E-state index >= 15 is 0 Å². The first kappa shape index (κ1) is 16.6. The summed E-state index contributed by atoms with van der Waals surface area (Å²) in [5.74, 6) is 0. The molecule has 0 amide bonds. The molecule has 0 fully saturated rings. The van der Waals surface area contributed by atoms with Gasteiger partial charge < -0.3 is 4.84 Å². The summed E-state index contributed by atoms with van der Waals surface area (Å²) in [4.78, 5) is 5.47. The van der Waals surface area contributed by atoms with Crippen LogP contribution in [0.15, 0.2) is 53.8 Å². The van der Waals surface area contributed by atoms with E-state index in [0.29, 0.717) is 24.4 Å². The number of hydrogen-bond donors (Lipinski definition) is 0. The van der Waals surface area contributed by atoms with Crippen LogP contribution < -0.4 is 0 Å². The zero-order chi connectivity index (χ0) is 16.2. The van der Waals surface area contributed by atoms with E-state index in [9.17, 15) is 0 Å². The highest BCUT2D eigenvalue weighted by molar-refractivity contribution is 6.11. The van der Waals surface area contributed by atoms with E-state index in [-0.39, 0.29) is 0 Å². The highest BCUT2D eigenvalue weighted by atomic mass is 16.6. The minimum atomic E-state index is 0.559. The topological polar surface area (TPSA) is 71.2 Å². The van der Waals surface area contributed by atoms with Crippen LogP contribution in [0.5, 0.6) is 0 Å². The maximum absolute atomic E-state index is 8.48. The first-order valence-corrected chi connectivity index (χ1v) is 7.82. The first-order valence-electron chi connectivity index (χ1n) is 7.82. The van der Waals surface area contributed by atoms with Crippen molar-refractivity contribution in [2.75, 3.05) is 6.61 Å². The zero-order valence-electron chi connectivity index (χ0n) is 13.1. The zero-order valence-corrected chi connectivity index (χ0v) is 13.1. The average Bonchev–Trinajstić information content (AvgIpc) is 2.62. The molecule has 0 bridgehead atoms. The van der Waals surface area contributed by atoms with E-state index in [0.717, 1.165) is 31.2 Å². The molecule has 0 atom stereocenters. The monoisotopic (exact) mass is 308 g/mol. The van der Waals surface area contributed by atoms with Crippen LogP contribution in [0, 0.1) is 11.3 Å². The second-order valence-electron chi connectivity index (χ2n) is 5.07. The Hall–Kier alpha value is -2.74. The average molecular weight is 308 g/mol. The Labute approximate surface area is 136 Å². The van der Waals surface area contributed by atoms with Gasteiger partial charge >= 0.3 is 0 Å². The van der Waals surface area contributed by atoms with Gasteiger partial charge in [-0.1, -0.05) is 41.9 Å². The highest BCUT2D eigenvalue weighted by Crippen LogP contribution is 2.09. The van der Waals surface area contributed by atoms with Gasteiger partial charge in [0.2, 0.25) is 0 Å². The maximum atomic E-state index is 8.48. The molecule has 2 rings (SSSR count). The Kier molecular flexibility index (Phi) is 7.28. The molecule has 5 heteroatoms. The van der Waals surface area contributed by atoms with E-state index in [1.165, 1.54) is 0 Å². The highest BCUT2D eigenvalue weighted by Gasteiger charge is 2.09. The molecular weight excluding hydrogens is 288 g/mol. The van der Waals surface area contributed by atoms with Gasteiger partial charge in [0.05, 0.1) is 6.07 Å². The molecule has 1 aromatic heterocycles. The lowest BCUT2D eigenvalue weighted by Gasteiger charge is -2.06. The van der Waals surface area contributed by atoms with Gasteiger partial charge in [-0.25, -0.2) is 0 Å². The summed E-state index contributed by atoms with van der Waals surface area (Å²) < 4.78 is 0. The molecule has 23 heavy (non-hydrogen) atoms. The summed E-state index contributed by atoms with van der Waals surface area (Å²) in [6.07, 6.45) is 6.24. The van der Waals surface area contributed by atoms with Crippen LogP contribution in [-0.2, 0) is 4.84 Å². The SMILES string of the molecule is N#CCCCCCCO/N=C(/c1ccccc1)c1cccnn1. The van der Waals surface area contributed by atoms with Crippen molar-refractivity contribution < 1.29 is 4.84 Å². The molecule has 0 aliphatic carbocycles. The van der Waals surface area contributed by atoms with Gasteiger partial charge in [-0.2, -0.15) is 10.4 Å². The number of unbranched alkanes of at least 4 members (excludes halogenated alkanes) is 4. The van der Waals surface area contributed by atoms with Crippen molar-refractivity contribution in [1.29, 1.82) is 5.26 Å². The minimum Gasteiger partial charge on any atom is -0.395 e. The molecule has 5 nitrogen and oxygen atoms in total. The first-order chi connectivity index (χ1) is 11.4. The number of aromatic nitrogens is 2. The lowest BCUT2D eigenvalue weighted by Crippen LogP contribution is -2.07. The molecule has 0 unspecified atom stereocenters. The van der Waals surface area contributed by atoms with Crippen molar-refractivity contribution in [3.63, 3.8) is 0 Å². The predicted octanol–water partition coefficient (Wildman–Crippen LogP) is 3.72. The van der Waals surface area contributed by atoms with Crippen LogP contribution in [0.3, 0.4) is 0 Å². The fourth-order valence-corrected chi connectivity index (χ4v) is 2.11. The van der Waals surface area contributed by atoms with Crippen LogP contribution in [0.1, 0.15) is 43.4 Å². The second-order valence-corrected chi connectivity index (χ2v) is 5.07. The molecule has 0 aliphatic heterocycles. The summed E-state index contributed by atoms with van der Waals surface area (Å²) in [5.41, 5.74) is 2.32. The van der Waals surface area contributed by atoms with Gasteiger partial charge in [-0.05, 0) is 31.4 Å². The normalized spacial score (nSPS) is 11.0. The molecule has 0 radical (unpaired) electrons. The summed E-state index contributed by atoms with van der Waals surface area (Å²) in [6, 6.07) is 15.7. The molecule has 0 saturated carbocycles. The van der Waals surface area contributed by atoms with Crippen molar-refractivity contribution in [2.45, 2.75) is 32.1 Å². The minimum absolute atomic E-state index is 0.559. The van der Waals surface area contributed by atoms with Crippen molar-refractivity contribution in [3.8, 4) is 6.07 Å². The fraction of sp³-hybridized carbons (Fsp3) is 0.333. The Morgan fingerprint density at radius 3 is 2.61 bits per heavy atom. The van der Waals surface area contributed by atoms with Gasteiger partial charge in [0.1, 0.15) is 18.0 Å². The van der Waals surface area contributed by atoms with E-state index in [1.54, 1.807) is 6.20 Å². The van der Waals surface area contributed by atoms with Gasteiger partial charge in [-0.3, -0.25) is 0 Å². The largest absolute Gasteiger partial charge is 0.395 e. The van der Waals surface area contributed by atoms with Crippen LogP contribution in [0.25, 0.3) is 0 Å². The van der Waals surface area contributed by atoms with Crippen LogP contribution in [-0.4, -0.2) is 22.5 Å². The predicted molar refractivity (Wildman–Crippen MR) is 88.8 cm³/mol. The molecule has 1 heterocycles. The van der Waals surface area contributed by atoms with Crippen LogP contribution in [0.2, 0.25) is 0 Å². The Balaban J connectivity index is 1.92. The quantitative estimate of drug-likeness (QED) is 0.402. The Morgan fingerprint density at radius 2 is 1.87 bits per heavy atom. The van der Waals surface area contributed by atoms with Gasteiger partial charge in [-0.15, -0.1) is 5.10 Å². The number of nitrogens with zero attached hydrogens (tertiary/aromatic N) is 4. The van der Waals surface area contributed by atoms with Crippen LogP contribution >= 0.6 is 0 Å². The number of nitriles is 1. The van der Waals surface area contributed by atoms with Crippen molar-refractivity contribution in [1.82, 2.24) is 10.2 Å². The third kappa shape index (κ3) is 5.87. The summed E-state index contributed by atoms with van der Waals surface area (Å²) in [6.45, 7) is 0.559. The number of oxime groups is 1. The van der Waals surface area contributed by atoms with E-state index < -0.39 is 0 Å². The molecular formula is C18H20N4O. The summed E-state index contributed by atoms with van der Waals surface area (Å²) in [7, 11) is 0. The van der Waals surface area contributed by atoms with Crippen molar-refractivity contribution in [2.24, 2.45) is 5.16 Å². The molecule has 0 N–H and O–H groups in total. The van der Waals surface area contributed by atoms with Gasteiger partial charge in [0.25, 0.3) is 0 Å². The number of hydrogen-bond acceptors (Lipinski definition) is 5. The molecule has 1 aromatic carbocycles. The van der Waals surface area contributed by atoms with E-state index in [1.807, 2.05) is 42.5 Å². The Morgan fingerprint density at radius 1 is 1.04 bits per heavy atom. The Bertz CT molecular complexity index is 594. The summed E-state index contributed by atoms with van der Waals surface area (Å²) >= 11 is 0. The molecule has 0 saturated heterocycles. The number of benzene rings is 1. The smallest absolute Gasteiger partial charge is 0.137 e. The third-order valence-corrected chi connectivity index (χ3v) is 3.29. The summed E-state index contributed by atoms with van der Waals surface area (Å²) in [5, 5.41) is 20.8. The van der Waals surface area contributed by atoms with Gasteiger partial charge in [0.15, 0.2) is 0 Å². The lowest BCUT2D eigenvalue weighted by atomic mass is 10.1. The molecule has 0 aliphatic rings. The molecule has 118 valence electrons. The molecule has 0 spiro atoms. The third-order valence-electron chi connectivity index (χ3n) is 3.29. The molecule has 2 aromatic rings. The van der Waals surface area contributed by atoms with Crippen molar-refractivity contribution in [3.05, 3.63) is 59.9 Å². The van der Waals surface area contributed by atoms with Crippen molar-refractivity contribution >= 4 is 5.71 Å². The van der Waals surface area contributed by atoms with E-state index in [2.05, 4.69) is 21.4 Å². The van der Waals surface area contributed by atoms with E-state index in [4.69, 9.17) is 10.1 Å². The van der Waals surface area contributed by atoms with Crippen LogP contribution in [0.4, 0.5) is 0 Å². The van der Waals surface area contributed by atoms with Gasteiger partial charge in [0, 0.05) is 18.2 Å². The standard InChI is InChI=1S/C18H20N4O/c19-13-7-2-1-3-8-15-23-22-18(16-10-5-4-6-11-16)17-12-9-14-20-21-17/h4-6,9-12,14H,1-3,7-8,15H2/b22-18-. The maximum Gasteiger partial charge on any atom is 0.137 e. The lowest BCUT2D eigenvalue weighted by molar-refractivity contribution is 0.140. The second kappa shape index (κ2) is 10.1.